The molecule has 0 aromatic heterocycles. The van der Waals surface area contributed by atoms with E-state index in [1.807, 2.05) is 24.1 Å². The highest BCUT2D eigenvalue weighted by Crippen LogP contribution is 2.21. The number of nitrogens with one attached hydrogen (secondary N) is 2. The van der Waals surface area contributed by atoms with Crippen LogP contribution in [-0.2, 0) is 11.3 Å². The van der Waals surface area contributed by atoms with Gasteiger partial charge in [0.25, 0.3) is 0 Å². The summed E-state index contributed by atoms with van der Waals surface area (Å²) < 4.78 is 0. The first kappa shape index (κ1) is 24.9. The predicted molar refractivity (Wildman–Crippen MR) is 136 cm³/mol. The van der Waals surface area contributed by atoms with Crippen molar-refractivity contribution >= 4 is 41.5 Å². The average Bonchev–Trinajstić information content (AvgIpc) is 3.39. The number of halogens is 1. The van der Waals surface area contributed by atoms with Crippen LogP contribution < -0.4 is 15.5 Å². The van der Waals surface area contributed by atoms with Gasteiger partial charge in [-0.1, -0.05) is 26.0 Å². The Balaban J connectivity index is 0.00000320. The number of amides is 1. The van der Waals surface area contributed by atoms with Crippen molar-refractivity contribution in [1.29, 1.82) is 0 Å². The van der Waals surface area contributed by atoms with Crippen LogP contribution in [0.25, 0.3) is 0 Å². The zero-order valence-electron chi connectivity index (χ0n) is 18.7. The summed E-state index contributed by atoms with van der Waals surface area (Å²) >= 11 is 0. The summed E-state index contributed by atoms with van der Waals surface area (Å²) in [5.74, 6) is 1.77. The molecule has 0 spiro atoms. The van der Waals surface area contributed by atoms with Crippen molar-refractivity contribution < 1.29 is 4.79 Å². The number of hydrogen-bond acceptors (Lipinski definition) is 3. The molecule has 1 unspecified atom stereocenters. The molecule has 2 aliphatic heterocycles. The highest BCUT2D eigenvalue weighted by molar-refractivity contribution is 14.0. The Bertz CT molecular complexity index is 685. The molecule has 0 aliphatic carbocycles. The van der Waals surface area contributed by atoms with E-state index in [1.54, 1.807) is 0 Å². The lowest BCUT2D eigenvalue weighted by atomic mass is 10.0. The second kappa shape index (κ2) is 12.5. The molecular weight excluding hydrogens is 489 g/mol. The minimum Gasteiger partial charge on any atom is -0.355 e. The van der Waals surface area contributed by atoms with Gasteiger partial charge in [0.05, 0.1) is 0 Å². The largest absolute Gasteiger partial charge is 0.355 e. The van der Waals surface area contributed by atoms with Crippen molar-refractivity contribution in [2.24, 2.45) is 10.9 Å². The lowest BCUT2D eigenvalue weighted by Crippen LogP contribution is -2.46. The number of benzene rings is 1. The smallest absolute Gasteiger partial charge is 0.227 e. The van der Waals surface area contributed by atoms with Crippen molar-refractivity contribution in [3.8, 4) is 0 Å². The van der Waals surface area contributed by atoms with Crippen LogP contribution in [0.3, 0.4) is 0 Å². The summed E-state index contributed by atoms with van der Waals surface area (Å²) in [5, 5.41) is 6.95. The Morgan fingerprint density at radius 3 is 2.33 bits per heavy atom. The van der Waals surface area contributed by atoms with Crippen LogP contribution in [0.1, 0.15) is 51.5 Å². The number of nitrogens with zero attached hydrogens (tertiary/aromatic N) is 3. The number of carbonyl (C=O) groups is 1. The number of guanidine groups is 1. The summed E-state index contributed by atoms with van der Waals surface area (Å²) in [4.78, 5) is 20.8. The monoisotopic (exact) mass is 527 g/mol. The first-order chi connectivity index (χ1) is 14.1. The summed E-state index contributed by atoms with van der Waals surface area (Å²) in [6.45, 7) is 9.51. The lowest BCUT2D eigenvalue weighted by Gasteiger charge is -2.29. The molecular formula is C23H38IN5O. The molecule has 2 aliphatic rings. The quantitative estimate of drug-likeness (QED) is 0.308. The Hall–Kier alpha value is -1.35. The SMILES string of the molecule is CN=C(NCc1ccc(N2CCCC2=O)cc1)NCC(CC(C)C)N1CCCC1.I. The molecule has 1 amide bonds. The molecule has 2 fully saturated rings. The van der Waals surface area contributed by atoms with Gasteiger partial charge in [-0.15, -0.1) is 24.0 Å². The second-order valence-corrected chi connectivity index (χ2v) is 8.65. The van der Waals surface area contributed by atoms with Crippen molar-refractivity contribution in [2.45, 2.75) is 58.5 Å². The molecule has 0 radical (unpaired) electrons. The van der Waals surface area contributed by atoms with Crippen molar-refractivity contribution in [1.82, 2.24) is 15.5 Å². The van der Waals surface area contributed by atoms with E-state index >= 15 is 0 Å². The van der Waals surface area contributed by atoms with Crippen LogP contribution >= 0.6 is 24.0 Å². The van der Waals surface area contributed by atoms with Crippen LogP contribution in [0.2, 0.25) is 0 Å². The fourth-order valence-corrected chi connectivity index (χ4v) is 4.35. The maximum atomic E-state index is 11.9. The van der Waals surface area contributed by atoms with Gasteiger partial charge in [0.1, 0.15) is 0 Å². The van der Waals surface area contributed by atoms with E-state index < -0.39 is 0 Å². The van der Waals surface area contributed by atoms with E-state index in [9.17, 15) is 4.79 Å². The molecule has 7 heteroatoms. The molecule has 2 saturated heterocycles. The summed E-state index contributed by atoms with van der Waals surface area (Å²) in [5.41, 5.74) is 2.18. The van der Waals surface area contributed by atoms with Crippen LogP contribution in [-0.4, -0.2) is 56.0 Å². The van der Waals surface area contributed by atoms with E-state index in [4.69, 9.17) is 0 Å². The molecule has 3 rings (SSSR count). The van der Waals surface area contributed by atoms with Gasteiger partial charge in [-0.2, -0.15) is 0 Å². The molecule has 30 heavy (non-hydrogen) atoms. The zero-order chi connectivity index (χ0) is 20.6. The van der Waals surface area contributed by atoms with Crippen molar-refractivity contribution in [2.75, 3.05) is 38.1 Å². The number of rotatable bonds is 8. The van der Waals surface area contributed by atoms with Gasteiger partial charge in [0.2, 0.25) is 5.91 Å². The fourth-order valence-electron chi connectivity index (χ4n) is 4.35. The Morgan fingerprint density at radius 2 is 1.77 bits per heavy atom. The van der Waals surface area contributed by atoms with E-state index in [-0.39, 0.29) is 29.9 Å². The number of anilines is 1. The van der Waals surface area contributed by atoms with E-state index in [2.05, 4.69) is 46.5 Å². The summed E-state index contributed by atoms with van der Waals surface area (Å²) in [6, 6.07) is 8.83. The number of hydrogen-bond donors (Lipinski definition) is 2. The van der Waals surface area contributed by atoms with Crippen LogP contribution in [0, 0.1) is 5.92 Å². The Kier molecular flexibility index (Phi) is 10.4. The lowest BCUT2D eigenvalue weighted by molar-refractivity contribution is -0.117. The molecule has 6 nitrogen and oxygen atoms in total. The first-order valence-corrected chi connectivity index (χ1v) is 11.1. The summed E-state index contributed by atoms with van der Waals surface area (Å²) in [6.07, 6.45) is 5.47. The Labute approximate surface area is 198 Å². The maximum Gasteiger partial charge on any atom is 0.227 e. The van der Waals surface area contributed by atoms with Gasteiger partial charge < -0.3 is 15.5 Å². The van der Waals surface area contributed by atoms with Crippen LogP contribution in [0.5, 0.6) is 0 Å². The predicted octanol–water partition coefficient (Wildman–Crippen LogP) is 3.61. The minimum atomic E-state index is 0. The molecule has 2 N–H and O–H groups in total. The van der Waals surface area contributed by atoms with Gasteiger partial charge >= 0.3 is 0 Å². The van der Waals surface area contributed by atoms with E-state index in [0.717, 1.165) is 31.2 Å². The van der Waals surface area contributed by atoms with Crippen molar-refractivity contribution in [3.63, 3.8) is 0 Å². The highest BCUT2D eigenvalue weighted by Gasteiger charge is 2.23. The van der Waals surface area contributed by atoms with E-state index in [1.165, 1.54) is 37.9 Å². The fraction of sp³-hybridized carbons (Fsp3) is 0.652. The first-order valence-electron chi connectivity index (χ1n) is 11.1. The topological polar surface area (TPSA) is 60.0 Å². The molecule has 0 saturated carbocycles. The zero-order valence-corrected chi connectivity index (χ0v) is 21.0. The molecule has 0 bridgehead atoms. The highest BCUT2D eigenvalue weighted by atomic mass is 127. The van der Waals surface area contributed by atoms with Gasteiger partial charge in [0, 0.05) is 44.8 Å². The third kappa shape index (κ3) is 7.11. The molecule has 168 valence electrons. The molecule has 2 heterocycles. The Morgan fingerprint density at radius 1 is 1.07 bits per heavy atom. The van der Waals surface area contributed by atoms with Crippen molar-refractivity contribution in [3.05, 3.63) is 29.8 Å². The number of aliphatic imine (C=N–C) groups is 1. The molecule has 1 aromatic rings. The minimum absolute atomic E-state index is 0. The second-order valence-electron chi connectivity index (χ2n) is 8.65. The summed E-state index contributed by atoms with van der Waals surface area (Å²) in [7, 11) is 1.82. The average molecular weight is 527 g/mol. The van der Waals surface area contributed by atoms with E-state index in [0.29, 0.717) is 24.9 Å². The maximum absolute atomic E-state index is 11.9. The third-order valence-corrected chi connectivity index (χ3v) is 5.91. The van der Waals surface area contributed by atoms with Gasteiger partial charge in [-0.3, -0.25) is 14.7 Å². The standard InChI is InChI=1S/C23H37N5O.HI/c1-18(2)15-21(27-12-4-5-13-27)17-26-23(24-3)25-16-19-8-10-20(11-9-19)28-14-6-7-22(28)29;/h8-11,18,21H,4-7,12-17H2,1-3H3,(H2,24,25,26);1H. The number of carbonyl (C=O) groups excluding carboxylic acids is 1. The number of likely N-dealkylation sites (tertiary alicyclic amines) is 1. The normalized spacial score (nSPS) is 18.6. The third-order valence-electron chi connectivity index (χ3n) is 5.91. The van der Waals surface area contributed by atoms with Gasteiger partial charge in [-0.25, -0.2) is 0 Å². The molecule has 1 aromatic carbocycles. The molecule has 1 atom stereocenters. The van der Waals surface area contributed by atoms with Gasteiger partial charge in [-0.05, 0) is 62.4 Å². The van der Waals surface area contributed by atoms with Gasteiger partial charge in [0.15, 0.2) is 5.96 Å². The van der Waals surface area contributed by atoms with Crippen LogP contribution in [0.4, 0.5) is 5.69 Å². The van der Waals surface area contributed by atoms with Crippen LogP contribution in [0.15, 0.2) is 29.3 Å².